The molecule has 4 heteroatoms. The first-order valence-corrected chi connectivity index (χ1v) is 7.11. The van der Waals surface area contributed by atoms with Crippen molar-refractivity contribution >= 4 is 11.3 Å². The van der Waals surface area contributed by atoms with Gasteiger partial charge in [-0.1, -0.05) is 30.3 Å². The molecule has 0 bridgehead atoms. The van der Waals surface area contributed by atoms with E-state index in [2.05, 4.69) is 11.4 Å². The predicted molar refractivity (Wildman–Crippen MR) is 76.9 cm³/mol. The Morgan fingerprint density at radius 2 is 1.95 bits per heavy atom. The van der Waals surface area contributed by atoms with Crippen LogP contribution in [0, 0.1) is 11.3 Å². The fourth-order valence-electron chi connectivity index (χ4n) is 1.87. The minimum atomic E-state index is -0.513. The second-order valence-electron chi connectivity index (χ2n) is 4.32. The Hall–Kier alpha value is -1.67. The van der Waals surface area contributed by atoms with Crippen LogP contribution in [-0.2, 0) is 0 Å². The molecule has 3 nitrogen and oxygen atoms in total. The number of benzene rings is 1. The van der Waals surface area contributed by atoms with E-state index in [4.69, 9.17) is 0 Å². The first kappa shape index (κ1) is 13.8. The number of thiophene rings is 1. The van der Waals surface area contributed by atoms with Gasteiger partial charge in [-0.15, -0.1) is 0 Å². The Morgan fingerprint density at radius 3 is 2.58 bits per heavy atom. The number of rotatable bonds is 6. The zero-order valence-corrected chi connectivity index (χ0v) is 11.3. The van der Waals surface area contributed by atoms with Crippen molar-refractivity contribution in [3.63, 3.8) is 0 Å². The van der Waals surface area contributed by atoms with Gasteiger partial charge in [-0.3, -0.25) is 0 Å². The summed E-state index contributed by atoms with van der Waals surface area (Å²) >= 11 is 1.57. The monoisotopic (exact) mass is 272 g/mol. The van der Waals surface area contributed by atoms with Crippen LogP contribution in [0.15, 0.2) is 47.2 Å². The fraction of sp³-hybridized carbons (Fsp3) is 0.267. The second-order valence-corrected chi connectivity index (χ2v) is 5.10. The summed E-state index contributed by atoms with van der Waals surface area (Å²) in [6, 6.07) is 13.9. The molecule has 2 unspecified atom stereocenters. The lowest BCUT2D eigenvalue weighted by atomic mass is 10.0. The van der Waals surface area contributed by atoms with Crippen LogP contribution < -0.4 is 5.32 Å². The molecule has 2 rings (SSSR count). The molecule has 19 heavy (non-hydrogen) atoms. The van der Waals surface area contributed by atoms with Crippen LogP contribution in [0.2, 0.25) is 0 Å². The average Bonchev–Trinajstić information content (AvgIpc) is 2.98. The third-order valence-electron chi connectivity index (χ3n) is 2.97. The van der Waals surface area contributed by atoms with Crippen molar-refractivity contribution in [2.24, 2.45) is 0 Å². The van der Waals surface area contributed by atoms with E-state index in [1.54, 1.807) is 11.3 Å². The molecule has 1 aromatic carbocycles. The molecule has 0 saturated carbocycles. The summed E-state index contributed by atoms with van der Waals surface area (Å²) in [4.78, 5) is 0. The van der Waals surface area contributed by atoms with E-state index in [0.717, 1.165) is 11.1 Å². The molecule has 0 aliphatic carbocycles. The van der Waals surface area contributed by atoms with E-state index in [1.807, 2.05) is 47.2 Å². The minimum absolute atomic E-state index is 0.184. The molecule has 1 heterocycles. The molecule has 2 aromatic rings. The lowest BCUT2D eigenvalue weighted by molar-refractivity contribution is 0.175. The van der Waals surface area contributed by atoms with Gasteiger partial charge in [0.2, 0.25) is 0 Å². The SMILES string of the molecule is N#CC(CNCC(O)c1ccsc1)c1ccccc1. The Bertz CT molecular complexity index is 519. The van der Waals surface area contributed by atoms with Gasteiger partial charge in [0.1, 0.15) is 0 Å². The maximum Gasteiger partial charge on any atom is 0.0922 e. The first-order chi connectivity index (χ1) is 9.31. The summed E-state index contributed by atoms with van der Waals surface area (Å²) in [7, 11) is 0. The number of nitrogens with one attached hydrogen (secondary N) is 1. The van der Waals surface area contributed by atoms with Crippen molar-refractivity contribution < 1.29 is 5.11 Å². The summed E-state index contributed by atoms with van der Waals surface area (Å²) in [6.45, 7) is 1.00. The zero-order chi connectivity index (χ0) is 13.5. The number of hydrogen-bond acceptors (Lipinski definition) is 4. The highest BCUT2D eigenvalue weighted by Gasteiger charge is 2.12. The number of aliphatic hydroxyl groups excluding tert-OH is 1. The van der Waals surface area contributed by atoms with Gasteiger partial charge in [-0.25, -0.2) is 0 Å². The highest BCUT2D eigenvalue weighted by atomic mass is 32.1. The quantitative estimate of drug-likeness (QED) is 0.850. The summed E-state index contributed by atoms with van der Waals surface area (Å²) in [6.07, 6.45) is -0.513. The van der Waals surface area contributed by atoms with Crippen LogP contribution >= 0.6 is 11.3 Å². The first-order valence-electron chi connectivity index (χ1n) is 6.16. The molecule has 0 radical (unpaired) electrons. The molecular weight excluding hydrogens is 256 g/mol. The van der Waals surface area contributed by atoms with Gasteiger partial charge in [-0.05, 0) is 28.0 Å². The van der Waals surface area contributed by atoms with Crippen molar-refractivity contribution in [2.45, 2.75) is 12.0 Å². The molecule has 0 aliphatic heterocycles. The number of nitriles is 1. The van der Waals surface area contributed by atoms with Gasteiger partial charge in [0.15, 0.2) is 0 Å². The summed E-state index contributed by atoms with van der Waals surface area (Å²) in [5.41, 5.74) is 1.92. The third kappa shape index (κ3) is 3.90. The van der Waals surface area contributed by atoms with Crippen LogP contribution in [0.5, 0.6) is 0 Å². The van der Waals surface area contributed by atoms with Gasteiger partial charge in [0.25, 0.3) is 0 Å². The van der Waals surface area contributed by atoms with Crippen LogP contribution in [0.25, 0.3) is 0 Å². The summed E-state index contributed by atoms with van der Waals surface area (Å²) in [5, 5.41) is 26.1. The zero-order valence-electron chi connectivity index (χ0n) is 10.5. The van der Waals surface area contributed by atoms with E-state index >= 15 is 0 Å². The Balaban J connectivity index is 1.83. The van der Waals surface area contributed by atoms with E-state index < -0.39 is 6.10 Å². The standard InChI is InChI=1S/C15H16N2OS/c16-8-14(12-4-2-1-3-5-12)9-17-10-15(18)13-6-7-19-11-13/h1-7,11,14-15,17-18H,9-10H2. The molecule has 0 aliphatic rings. The Labute approximate surface area is 117 Å². The van der Waals surface area contributed by atoms with Gasteiger partial charge in [0, 0.05) is 13.1 Å². The lowest BCUT2D eigenvalue weighted by Crippen LogP contribution is -2.25. The summed E-state index contributed by atoms with van der Waals surface area (Å²) < 4.78 is 0. The second kappa shape index (κ2) is 7.05. The fourth-order valence-corrected chi connectivity index (χ4v) is 2.58. The molecule has 0 spiro atoms. The highest BCUT2D eigenvalue weighted by Crippen LogP contribution is 2.16. The molecule has 1 aromatic heterocycles. The smallest absolute Gasteiger partial charge is 0.0922 e. The van der Waals surface area contributed by atoms with Crippen LogP contribution in [0.4, 0.5) is 0 Å². The van der Waals surface area contributed by atoms with Crippen molar-refractivity contribution in [2.75, 3.05) is 13.1 Å². The molecule has 98 valence electrons. The highest BCUT2D eigenvalue weighted by molar-refractivity contribution is 7.07. The lowest BCUT2D eigenvalue weighted by Gasteiger charge is -2.13. The largest absolute Gasteiger partial charge is 0.387 e. The van der Waals surface area contributed by atoms with E-state index in [0.29, 0.717) is 13.1 Å². The molecule has 0 fully saturated rings. The van der Waals surface area contributed by atoms with Gasteiger partial charge < -0.3 is 10.4 Å². The number of hydrogen-bond donors (Lipinski definition) is 2. The Morgan fingerprint density at radius 1 is 1.16 bits per heavy atom. The molecule has 0 amide bonds. The maximum atomic E-state index is 9.93. The predicted octanol–water partition coefficient (Wildman–Crippen LogP) is 2.68. The minimum Gasteiger partial charge on any atom is -0.387 e. The van der Waals surface area contributed by atoms with Crippen molar-refractivity contribution in [1.82, 2.24) is 5.32 Å². The number of nitrogens with zero attached hydrogens (tertiary/aromatic N) is 1. The molecule has 0 saturated heterocycles. The van der Waals surface area contributed by atoms with Crippen LogP contribution in [0.3, 0.4) is 0 Å². The van der Waals surface area contributed by atoms with Gasteiger partial charge in [0.05, 0.1) is 18.1 Å². The average molecular weight is 272 g/mol. The van der Waals surface area contributed by atoms with E-state index in [9.17, 15) is 10.4 Å². The maximum absolute atomic E-state index is 9.93. The van der Waals surface area contributed by atoms with Gasteiger partial charge in [-0.2, -0.15) is 16.6 Å². The molecular formula is C15H16N2OS. The summed E-state index contributed by atoms with van der Waals surface area (Å²) in [5.74, 6) is -0.184. The third-order valence-corrected chi connectivity index (χ3v) is 3.67. The van der Waals surface area contributed by atoms with Crippen LogP contribution in [0.1, 0.15) is 23.1 Å². The van der Waals surface area contributed by atoms with E-state index in [-0.39, 0.29) is 5.92 Å². The topological polar surface area (TPSA) is 56.0 Å². The van der Waals surface area contributed by atoms with Crippen molar-refractivity contribution in [3.8, 4) is 6.07 Å². The Kier molecular flexibility index (Phi) is 5.10. The number of aliphatic hydroxyl groups is 1. The molecule has 2 atom stereocenters. The van der Waals surface area contributed by atoms with E-state index in [1.165, 1.54) is 0 Å². The van der Waals surface area contributed by atoms with Crippen molar-refractivity contribution in [3.05, 3.63) is 58.3 Å². The van der Waals surface area contributed by atoms with Gasteiger partial charge >= 0.3 is 0 Å². The normalized spacial score (nSPS) is 13.7. The molecule has 2 N–H and O–H groups in total. The van der Waals surface area contributed by atoms with Crippen molar-refractivity contribution in [1.29, 1.82) is 5.26 Å². The van der Waals surface area contributed by atoms with Crippen LogP contribution in [-0.4, -0.2) is 18.2 Å².